The monoisotopic (exact) mass is 349 g/mol. The van der Waals surface area contributed by atoms with E-state index in [1.54, 1.807) is 32.7 Å². The quantitative estimate of drug-likeness (QED) is 0.827. The SMILES string of the molecule is COc1cc(-c2csc(N3CCN(C)CC3)n2)cc(OC)c1OC. The molecule has 0 bridgehead atoms. The molecule has 0 unspecified atom stereocenters. The van der Waals surface area contributed by atoms with Gasteiger partial charge in [0, 0.05) is 37.1 Å². The molecule has 1 aromatic carbocycles. The molecular weight excluding hydrogens is 326 g/mol. The minimum absolute atomic E-state index is 0.596. The molecule has 1 fully saturated rings. The Hall–Kier alpha value is -1.99. The Morgan fingerprint density at radius 2 is 1.58 bits per heavy atom. The van der Waals surface area contributed by atoms with Crippen LogP contribution >= 0.6 is 11.3 Å². The van der Waals surface area contributed by atoms with Crippen LogP contribution in [-0.2, 0) is 0 Å². The topological polar surface area (TPSA) is 47.1 Å². The third kappa shape index (κ3) is 3.27. The number of nitrogens with zero attached hydrogens (tertiary/aromatic N) is 3. The van der Waals surface area contributed by atoms with Crippen molar-refractivity contribution >= 4 is 16.5 Å². The number of benzene rings is 1. The molecule has 0 spiro atoms. The van der Waals surface area contributed by atoms with Gasteiger partial charge in [0.15, 0.2) is 16.6 Å². The van der Waals surface area contributed by atoms with Gasteiger partial charge >= 0.3 is 0 Å². The maximum Gasteiger partial charge on any atom is 0.203 e. The van der Waals surface area contributed by atoms with E-state index in [0.717, 1.165) is 42.6 Å². The zero-order chi connectivity index (χ0) is 17.1. The van der Waals surface area contributed by atoms with Crippen LogP contribution in [0.25, 0.3) is 11.3 Å². The Balaban J connectivity index is 1.89. The Kier molecular flexibility index (Phi) is 5.11. The van der Waals surface area contributed by atoms with E-state index in [2.05, 4.69) is 22.2 Å². The molecule has 0 amide bonds. The second kappa shape index (κ2) is 7.27. The van der Waals surface area contributed by atoms with Crippen molar-refractivity contribution in [3.63, 3.8) is 0 Å². The van der Waals surface area contributed by atoms with E-state index < -0.39 is 0 Å². The van der Waals surface area contributed by atoms with Crippen LogP contribution in [0.5, 0.6) is 17.2 Å². The van der Waals surface area contributed by atoms with Crippen molar-refractivity contribution < 1.29 is 14.2 Å². The summed E-state index contributed by atoms with van der Waals surface area (Å²) in [6.45, 7) is 4.16. The maximum atomic E-state index is 5.43. The number of thiazole rings is 1. The molecule has 130 valence electrons. The van der Waals surface area contributed by atoms with Gasteiger partial charge in [-0.1, -0.05) is 0 Å². The molecule has 1 saturated heterocycles. The molecule has 0 aliphatic carbocycles. The van der Waals surface area contributed by atoms with Gasteiger partial charge in [0.25, 0.3) is 0 Å². The van der Waals surface area contributed by atoms with E-state index in [9.17, 15) is 0 Å². The molecule has 1 aromatic heterocycles. The van der Waals surface area contributed by atoms with Gasteiger partial charge in [-0.25, -0.2) is 4.98 Å². The highest BCUT2D eigenvalue weighted by Gasteiger charge is 2.19. The highest BCUT2D eigenvalue weighted by molar-refractivity contribution is 7.14. The number of aromatic nitrogens is 1. The second-order valence-corrected chi connectivity index (χ2v) is 6.56. The Morgan fingerprint density at radius 1 is 0.958 bits per heavy atom. The third-order valence-corrected chi connectivity index (χ3v) is 5.13. The smallest absolute Gasteiger partial charge is 0.203 e. The van der Waals surface area contributed by atoms with Gasteiger partial charge < -0.3 is 24.0 Å². The summed E-state index contributed by atoms with van der Waals surface area (Å²) in [4.78, 5) is 9.49. The van der Waals surface area contributed by atoms with Crippen LogP contribution in [0.1, 0.15) is 0 Å². The van der Waals surface area contributed by atoms with Crippen molar-refractivity contribution in [2.45, 2.75) is 0 Å². The lowest BCUT2D eigenvalue weighted by Gasteiger charge is -2.32. The number of methoxy groups -OCH3 is 3. The molecule has 7 heteroatoms. The summed E-state index contributed by atoms with van der Waals surface area (Å²) in [5.74, 6) is 1.88. The Bertz CT molecular complexity index is 671. The van der Waals surface area contributed by atoms with Gasteiger partial charge in [-0.2, -0.15) is 0 Å². The van der Waals surface area contributed by atoms with Crippen molar-refractivity contribution in [1.29, 1.82) is 0 Å². The van der Waals surface area contributed by atoms with Gasteiger partial charge in [0.2, 0.25) is 5.75 Å². The summed E-state index contributed by atoms with van der Waals surface area (Å²) in [7, 11) is 7.00. The summed E-state index contributed by atoms with van der Waals surface area (Å²) in [6.07, 6.45) is 0. The van der Waals surface area contributed by atoms with E-state index in [4.69, 9.17) is 19.2 Å². The molecule has 3 rings (SSSR count). The molecular formula is C17H23N3O3S. The van der Waals surface area contributed by atoms with Crippen LogP contribution in [0.3, 0.4) is 0 Å². The lowest BCUT2D eigenvalue weighted by Crippen LogP contribution is -2.44. The zero-order valence-corrected chi connectivity index (χ0v) is 15.4. The van der Waals surface area contributed by atoms with E-state index in [1.165, 1.54) is 0 Å². The average Bonchev–Trinajstić information content (AvgIpc) is 3.11. The molecule has 24 heavy (non-hydrogen) atoms. The highest BCUT2D eigenvalue weighted by atomic mass is 32.1. The van der Waals surface area contributed by atoms with Crippen molar-refractivity contribution in [2.24, 2.45) is 0 Å². The van der Waals surface area contributed by atoms with Crippen LogP contribution in [0.4, 0.5) is 5.13 Å². The van der Waals surface area contributed by atoms with E-state index in [1.807, 2.05) is 12.1 Å². The summed E-state index contributed by atoms with van der Waals surface area (Å²) in [5, 5.41) is 3.14. The number of ether oxygens (including phenoxy) is 3. The van der Waals surface area contributed by atoms with Crippen molar-refractivity contribution in [2.75, 3.05) is 59.5 Å². The molecule has 0 N–H and O–H groups in total. The summed E-state index contributed by atoms with van der Waals surface area (Å²) >= 11 is 1.67. The largest absolute Gasteiger partial charge is 0.493 e. The zero-order valence-electron chi connectivity index (χ0n) is 14.5. The molecule has 2 heterocycles. The standard InChI is InChI=1S/C17H23N3O3S/c1-19-5-7-20(8-6-19)17-18-13(11-24-17)12-9-14(21-2)16(23-4)15(10-12)22-3/h9-11H,5-8H2,1-4H3. The van der Waals surface area contributed by atoms with E-state index in [-0.39, 0.29) is 0 Å². The van der Waals surface area contributed by atoms with Crippen molar-refractivity contribution in [3.8, 4) is 28.5 Å². The molecule has 0 radical (unpaired) electrons. The second-order valence-electron chi connectivity index (χ2n) is 5.72. The van der Waals surface area contributed by atoms with Crippen molar-refractivity contribution in [3.05, 3.63) is 17.5 Å². The normalized spacial score (nSPS) is 15.4. The van der Waals surface area contributed by atoms with Gasteiger partial charge in [-0.15, -0.1) is 11.3 Å². The highest BCUT2D eigenvalue weighted by Crippen LogP contribution is 2.41. The predicted octanol–water partition coefficient (Wildman–Crippen LogP) is 2.59. The number of rotatable bonds is 5. The first-order valence-electron chi connectivity index (χ1n) is 7.85. The summed E-state index contributed by atoms with van der Waals surface area (Å²) in [5.41, 5.74) is 1.88. The van der Waals surface area contributed by atoms with Gasteiger partial charge in [-0.05, 0) is 19.2 Å². The van der Waals surface area contributed by atoms with Gasteiger partial charge in [-0.3, -0.25) is 0 Å². The van der Waals surface area contributed by atoms with Crippen LogP contribution < -0.4 is 19.1 Å². The fourth-order valence-electron chi connectivity index (χ4n) is 2.77. The predicted molar refractivity (Wildman–Crippen MR) is 96.9 cm³/mol. The first-order valence-corrected chi connectivity index (χ1v) is 8.73. The minimum Gasteiger partial charge on any atom is -0.493 e. The van der Waals surface area contributed by atoms with Crippen LogP contribution in [-0.4, -0.2) is 64.4 Å². The van der Waals surface area contributed by atoms with Crippen LogP contribution in [0, 0.1) is 0 Å². The third-order valence-electron chi connectivity index (χ3n) is 4.23. The van der Waals surface area contributed by atoms with Crippen molar-refractivity contribution in [1.82, 2.24) is 9.88 Å². The average molecular weight is 349 g/mol. The van der Waals surface area contributed by atoms with Crippen LogP contribution in [0.2, 0.25) is 0 Å². The van der Waals surface area contributed by atoms with E-state index >= 15 is 0 Å². The first kappa shape index (κ1) is 16.9. The molecule has 0 atom stereocenters. The molecule has 6 nitrogen and oxygen atoms in total. The number of hydrogen-bond acceptors (Lipinski definition) is 7. The van der Waals surface area contributed by atoms with Gasteiger partial charge in [0.05, 0.1) is 27.0 Å². The number of likely N-dealkylation sites (N-methyl/N-ethyl adjacent to an activating group) is 1. The fourth-order valence-corrected chi connectivity index (χ4v) is 3.66. The molecule has 1 aliphatic rings. The van der Waals surface area contributed by atoms with Crippen LogP contribution in [0.15, 0.2) is 17.5 Å². The summed E-state index contributed by atoms with van der Waals surface area (Å²) < 4.78 is 16.2. The summed E-state index contributed by atoms with van der Waals surface area (Å²) in [6, 6.07) is 3.87. The Morgan fingerprint density at radius 3 is 2.12 bits per heavy atom. The maximum absolute atomic E-state index is 5.43. The lowest BCUT2D eigenvalue weighted by atomic mass is 10.1. The lowest BCUT2D eigenvalue weighted by molar-refractivity contribution is 0.313. The molecule has 1 aliphatic heterocycles. The van der Waals surface area contributed by atoms with E-state index in [0.29, 0.717) is 17.2 Å². The number of anilines is 1. The van der Waals surface area contributed by atoms with Gasteiger partial charge in [0.1, 0.15) is 0 Å². The minimum atomic E-state index is 0.596. The fraction of sp³-hybridized carbons (Fsp3) is 0.471. The molecule has 0 saturated carbocycles. The first-order chi connectivity index (χ1) is 11.7. The Labute approximate surface area is 146 Å². The number of piperazine rings is 1. The number of hydrogen-bond donors (Lipinski definition) is 0. The molecule has 2 aromatic rings.